The first-order valence-corrected chi connectivity index (χ1v) is 7.54. The average Bonchev–Trinajstić information content (AvgIpc) is 3.03. The highest BCUT2D eigenvalue weighted by molar-refractivity contribution is 5.67. The van der Waals surface area contributed by atoms with Crippen LogP contribution in [0.4, 0.5) is 4.79 Å². The molecule has 0 aromatic carbocycles. The molecular formula is C14H25N5O2. The van der Waals surface area contributed by atoms with Crippen molar-refractivity contribution in [2.24, 2.45) is 0 Å². The highest BCUT2D eigenvalue weighted by Crippen LogP contribution is 2.20. The third-order valence-electron chi connectivity index (χ3n) is 3.21. The Bertz CT molecular complexity index is 460. The predicted octanol–water partition coefficient (Wildman–Crippen LogP) is 1.62. The molecule has 118 valence electrons. The summed E-state index contributed by atoms with van der Waals surface area (Å²) in [6.07, 6.45) is 4.71. The van der Waals surface area contributed by atoms with Crippen molar-refractivity contribution in [2.75, 3.05) is 13.1 Å². The Hall–Kier alpha value is -1.63. The molecule has 0 aliphatic carbocycles. The maximum atomic E-state index is 11.5. The molecule has 0 radical (unpaired) electrons. The van der Waals surface area contributed by atoms with E-state index in [0.29, 0.717) is 12.6 Å². The minimum atomic E-state index is -0.459. The van der Waals surface area contributed by atoms with E-state index < -0.39 is 5.60 Å². The normalized spacial score (nSPS) is 18.7. The van der Waals surface area contributed by atoms with Gasteiger partial charge in [0.25, 0.3) is 0 Å². The van der Waals surface area contributed by atoms with Gasteiger partial charge in [0.2, 0.25) is 0 Å². The van der Waals surface area contributed by atoms with Crippen LogP contribution in [-0.2, 0) is 11.3 Å². The lowest BCUT2D eigenvalue weighted by Crippen LogP contribution is -2.33. The van der Waals surface area contributed by atoms with Crippen molar-refractivity contribution in [3.63, 3.8) is 0 Å². The van der Waals surface area contributed by atoms with Crippen LogP contribution in [0, 0.1) is 0 Å². The number of alkyl carbamates (subject to hydrolysis) is 1. The van der Waals surface area contributed by atoms with Crippen molar-refractivity contribution < 1.29 is 9.53 Å². The molecule has 1 fully saturated rings. The van der Waals surface area contributed by atoms with Crippen LogP contribution in [0.2, 0.25) is 0 Å². The molecule has 1 unspecified atom stereocenters. The van der Waals surface area contributed by atoms with Gasteiger partial charge in [-0.15, -0.1) is 5.10 Å². The van der Waals surface area contributed by atoms with Gasteiger partial charge in [0, 0.05) is 13.1 Å². The molecular weight excluding hydrogens is 270 g/mol. The molecule has 0 saturated carbocycles. The lowest BCUT2D eigenvalue weighted by atomic mass is 10.2. The van der Waals surface area contributed by atoms with E-state index in [2.05, 4.69) is 20.9 Å². The van der Waals surface area contributed by atoms with Crippen molar-refractivity contribution in [3.8, 4) is 0 Å². The first kappa shape index (κ1) is 15.8. The van der Waals surface area contributed by atoms with Crippen molar-refractivity contribution in [3.05, 3.63) is 11.9 Å². The molecule has 7 nitrogen and oxygen atoms in total. The van der Waals surface area contributed by atoms with Crippen LogP contribution in [-0.4, -0.2) is 39.8 Å². The second-order valence-electron chi connectivity index (χ2n) is 6.34. The summed E-state index contributed by atoms with van der Waals surface area (Å²) in [7, 11) is 0. The molecule has 1 amide bonds. The van der Waals surface area contributed by atoms with Crippen LogP contribution in [0.1, 0.15) is 51.8 Å². The van der Waals surface area contributed by atoms with E-state index >= 15 is 0 Å². The van der Waals surface area contributed by atoms with Crippen molar-refractivity contribution in [2.45, 2.75) is 58.2 Å². The second kappa shape index (κ2) is 6.89. The molecule has 1 aliphatic heterocycles. The van der Waals surface area contributed by atoms with Gasteiger partial charge in [0.05, 0.1) is 17.9 Å². The maximum absolute atomic E-state index is 11.5. The smallest absolute Gasteiger partial charge is 0.407 e. The summed E-state index contributed by atoms with van der Waals surface area (Å²) in [6.45, 7) is 7.89. The lowest BCUT2D eigenvalue weighted by molar-refractivity contribution is 0.0526. The summed E-state index contributed by atoms with van der Waals surface area (Å²) in [6, 6.07) is 0.346. The molecule has 2 N–H and O–H groups in total. The van der Waals surface area contributed by atoms with Crippen LogP contribution in [0.15, 0.2) is 6.20 Å². The molecule has 1 aromatic rings. The van der Waals surface area contributed by atoms with Gasteiger partial charge in [-0.1, -0.05) is 5.21 Å². The minimum Gasteiger partial charge on any atom is -0.444 e. The van der Waals surface area contributed by atoms with E-state index in [1.54, 1.807) is 0 Å². The Labute approximate surface area is 125 Å². The Kier molecular flexibility index (Phi) is 5.17. The third kappa shape index (κ3) is 5.34. The Balaban J connectivity index is 1.66. The highest BCUT2D eigenvalue weighted by Gasteiger charge is 2.19. The first-order valence-electron chi connectivity index (χ1n) is 7.54. The van der Waals surface area contributed by atoms with Crippen LogP contribution >= 0.6 is 0 Å². The quantitative estimate of drug-likeness (QED) is 0.807. The van der Waals surface area contributed by atoms with Gasteiger partial charge < -0.3 is 15.4 Å². The fraction of sp³-hybridized carbons (Fsp3) is 0.786. The van der Waals surface area contributed by atoms with Crippen LogP contribution in [0.3, 0.4) is 0 Å². The number of carbonyl (C=O) groups is 1. The second-order valence-corrected chi connectivity index (χ2v) is 6.34. The number of nitrogens with zero attached hydrogens (tertiary/aromatic N) is 3. The molecule has 7 heteroatoms. The standard InChI is InChI=1S/C14H25N5O2/c1-14(2,3)21-13(20)16-8-5-9-19-10-12(17-18-19)11-6-4-7-15-11/h10-11,15H,4-9H2,1-3H3,(H,16,20). The van der Waals surface area contributed by atoms with Crippen LogP contribution in [0.5, 0.6) is 0 Å². The third-order valence-corrected chi connectivity index (χ3v) is 3.21. The number of nitrogens with one attached hydrogen (secondary N) is 2. The summed E-state index contributed by atoms with van der Waals surface area (Å²) < 4.78 is 6.99. The number of aromatic nitrogens is 3. The number of hydrogen-bond acceptors (Lipinski definition) is 5. The number of carbonyl (C=O) groups excluding carboxylic acids is 1. The topological polar surface area (TPSA) is 81.1 Å². The fourth-order valence-electron chi connectivity index (χ4n) is 2.27. The molecule has 1 atom stereocenters. The van der Waals surface area contributed by atoms with Crippen molar-refractivity contribution in [1.82, 2.24) is 25.6 Å². The van der Waals surface area contributed by atoms with Gasteiger partial charge in [-0.05, 0) is 46.6 Å². The number of hydrogen-bond donors (Lipinski definition) is 2. The lowest BCUT2D eigenvalue weighted by Gasteiger charge is -2.19. The molecule has 0 bridgehead atoms. The van der Waals surface area contributed by atoms with Gasteiger partial charge in [0.15, 0.2) is 0 Å². The first-order chi connectivity index (χ1) is 9.94. The molecule has 1 aliphatic rings. The van der Waals surface area contributed by atoms with E-state index in [4.69, 9.17) is 4.74 Å². The van der Waals surface area contributed by atoms with Gasteiger partial charge >= 0.3 is 6.09 Å². The van der Waals surface area contributed by atoms with E-state index in [0.717, 1.165) is 31.6 Å². The summed E-state index contributed by atoms with van der Waals surface area (Å²) in [5.41, 5.74) is 0.548. The summed E-state index contributed by atoms with van der Waals surface area (Å²) in [5, 5.41) is 14.5. The van der Waals surface area contributed by atoms with Gasteiger partial charge in [-0.2, -0.15) is 0 Å². The van der Waals surface area contributed by atoms with Crippen molar-refractivity contribution >= 4 is 6.09 Å². The number of rotatable bonds is 5. The van der Waals surface area contributed by atoms with Gasteiger partial charge in [0.1, 0.15) is 5.60 Å². The minimum absolute atomic E-state index is 0.346. The molecule has 2 heterocycles. The molecule has 2 rings (SSSR count). The summed E-state index contributed by atoms with van der Waals surface area (Å²) in [4.78, 5) is 11.5. The number of aryl methyl sites for hydroxylation is 1. The van der Waals surface area contributed by atoms with E-state index in [1.807, 2.05) is 31.6 Å². The Morgan fingerprint density at radius 1 is 1.57 bits per heavy atom. The van der Waals surface area contributed by atoms with E-state index in [9.17, 15) is 4.79 Å². The average molecular weight is 295 g/mol. The van der Waals surface area contributed by atoms with E-state index in [1.165, 1.54) is 6.42 Å². The molecule has 1 aromatic heterocycles. The summed E-state index contributed by atoms with van der Waals surface area (Å²) >= 11 is 0. The number of ether oxygens (including phenoxy) is 1. The van der Waals surface area contributed by atoms with Crippen LogP contribution < -0.4 is 10.6 Å². The van der Waals surface area contributed by atoms with E-state index in [-0.39, 0.29) is 6.09 Å². The molecule has 21 heavy (non-hydrogen) atoms. The SMILES string of the molecule is CC(C)(C)OC(=O)NCCCn1cc(C2CCCN2)nn1. The zero-order chi connectivity index (χ0) is 15.3. The number of amides is 1. The summed E-state index contributed by atoms with van der Waals surface area (Å²) in [5.74, 6) is 0. The largest absolute Gasteiger partial charge is 0.444 e. The molecule has 0 spiro atoms. The zero-order valence-corrected chi connectivity index (χ0v) is 13.1. The maximum Gasteiger partial charge on any atom is 0.407 e. The van der Waals surface area contributed by atoms with Crippen LogP contribution in [0.25, 0.3) is 0 Å². The Morgan fingerprint density at radius 3 is 3.05 bits per heavy atom. The van der Waals surface area contributed by atoms with Gasteiger partial charge in [-0.25, -0.2) is 4.79 Å². The predicted molar refractivity (Wildman–Crippen MR) is 78.9 cm³/mol. The monoisotopic (exact) mass is 295 g/mol. The van der Waals surface area contributed by atoms with Gasteiger partial charge in [-0.3, -0.25) is 4.68 Å². The van der Waals surface area contributed by atoms with Crippen molar-refractivity contribution in [1.29, 1.82) is 0 Å². The highest BCUT2D eigenvalue weighted by atomic mass is 16.6. The fourth-order valence-corrected chi connectivity index (χ4v) is 2.27. The Morgan fingerprint density at radius 2 is 2.38 bits per heavy atom. The zero-order valence-electron chi connectivity index (χ0n) is 13.1. The molecule has 1 saturated heterocycles.